The van der Waals surface area contributed by atoms with Crippen LogP contribution in [0.25, 0.3) is 0 Å². The minimum Gasteiger partial charge on any atom is -0.462 e. The number of unbranched alkanes of at least 4 members (excludes halogenated alkanes) is 24. The predicted octanol–water partition coefficient (Wildman–Crippen LogP) is 18.4. The van der Waals surface area contributed by atoms with E-state index in [4.69, 9.17) is 14.2 Å². The highest BCUT2D eigenvalue weighted by Gasteiger charge is 2.19. The number of carbonyl (C=O) groups is 3. The van der Waals surface area contributed by atoms with Crippen molar-refractivity contribution >= 4 is 17.9 Å². The van der Waals surface area contributed by atoms with Crippen molar-refractivity contribution in [2.24, 2.45) is 0 Å². The van der Waals surface area contributed by atoms with E-state index >= 15 is 0 Å². The Morgan fingerprint density at radius 1 is 0.318 bits per heavy atom. The molecular formula is C60H102O6. The zero-order valence-corrected chi connectivity index (χ0v) is 43.2. The van der Waals surface area contributed by atoms with E-state index in [0.717, 1.165) is 83.5 Å². The molecule has 0 spiro atoms. The Bertz CT molecular complexity index is 1290. The zero-order chi connectivity index (χ0) is 47.9. The maximum atomic E-state index is 12.8. The number of carbonyl (C=O) groups excluding carboxylic acids is 3. The lowest BCUT2D eigenvalue weighted by Crippen LogP contribution is -2.30. The fraction of sp³-hybridized carbons (Fsp3) is 0.717. The van der Waals surface area contributed by atoms with Crippen LogP contribution in [0.1, 0.15) is 258 Å². The molecule has 0 saturated carbocycles. The van der Waals surface area contributed by atoms with Gasteiger partial charge in [0.25, 0.3) is 0 Å². The summed E-state index contributed by atoms with van der Waals surface area (Å²) in [4.78, 5) is 38.0. The van der Waals surface area contributed by atoms with Gasteiger partial charge in [-0.1, -0.05) is 221 Å². The highest BCUT2D eigenvalue weighted by Crippen LogP contribution is 2.14. The molecule has 6 heteroatoms. The van der Waals surface area contributed by atoms with E-state index in [1.165, 1.54) is 128 Å². The number of hydrogen-bond donors (Lipinski definition) is 0. The minimum atomic E-state index is -0.818. The summed E-state index contributed by atoms with van der Waals surface area (Å²) in [6, 6.07) is 0. The average molecular weight is 919 g/mol. The molecular weight excluding hydrogens is 817 g/mol. The van der Waals surface area contributed by atoms with Gasteiger partial charge in [-0.3, -0.25) is 14.4 Å². The van der Waals surface area contributed by atoms with Crippen molar-refractivity contribution in [1.29, 1.82) is 0 Å². The maximum absolute atomic E-state index is 12.8. The summed E-state index contributed by atoms with van der Waals surface area (Å²) in [5.41, 5.74) is 0. The Balaban J connectivity index is 4.47. The molecule has 0 aromatic carbocycles. The van der Waals surface area contributed by atoms with Gasteiger partial charge in [-0.2, -0.15) is 0 Å². The van der Waals surface area contributed by atoms with Crippen molar-refractivity contribution in [3.05, 3.63) is 85.1 Å². The number of esters is 3. The zero-order valence-electron chi connectivity index (χ0n) is 43.2. The van der Waals surface area contributed by atoms with Crippen LogP contribution in [-0.2, 0) is 28.6 Å². The van der Waals surface area contributed by atoms with E-state index < -0.39 is 6.10 Å². The first-order valence-corrected chi connectivity index (χ1v) is 27.6. The predicted molar refractivity (Wildman–Crippen MR) is 284 cm³/mol. The second-order valence-electron chi connectivity index (χ2n) is 18.1. The van der Waals surface area contributed by atoms with Crippen molar-refractivity contribution < 1.29 is 28.6 Å². The van der Waals surface area contributed by atoms with Gasteiger partial charge in [0.05, 0.1) is 0 Å². The number of allylic oxidation sites excluding steroid dienone is 14. The van der Waals surface area contributed by atoms with Crippen LogP contribution in [0.5, 0.6) is 0 Å². The molecule has 0 N–H and O–H groups in total. The van der Waals surface area contributed by atoms with Gasteiger partial charge in [-0.05, 0) is 103 Å². The molecule has 66 heavy (non-hydrogen) atoms. The summed E-state index contributed by atoms with van der Waals surface area (Å²) in [7, 11) is 0. The van der Waals surface area contributed by atoms with Crippen LogP contribution in [0.2, 0.25) is 0 Å². The van der Waals surface area contributed by atoms with E-state index in [1.807, 2.05) is 6.08 Å². The van der Waals surface area contributed by atoms with Gasteiger partial charge in [-0.25, -0.2) is 0 Å². The third-order valence-electron chi connectivity index (χ3n) is 11.6. The normalized spacial score (nSPS) is 12.7. The van der Waals surface area contributed by atoms with Crippen LogP contribution >= 0.6 is 0 Å². The first kappa shape index (κ1) is 62.6. The molecule has 0 aliphatic rings. The molecule has 0 rings (SSSR count). The monoisotopic (exact) mass is 919 g/mol. The molecule has 0 fully saturated rings. The van der Waals surface area contributed by atoms with E-state index in [0.29, 0.717) is 12.8 Å². The lowest BCUT2D eigenvalue weighted by Gasteiger charge is -2.18. The molecule has 0 aliphatic carbocycles. The van der Waals surface area contributed by atoms with Gasteiger partial charge in [0.1, 0.15) is 13.2 Å². The third-order valence-corrected chi connectivity index (χ3v) is 11.6. The Morgan fingerprint density at radius 3 is 1.05 bits per heavy atom. The molecule has 0 saturated heterocycles. The quantitative estimate of drug-likeness (QED) is 0.0262. The summed E-state index contributed by atoms with van der Waals surface area (Å²) >= 11 is 0. The smallest absolute Gasteiger partial charge is 0.306 e. The lowest BCUT2D eigenvalue weighted by molar-refractivity contribution is -0.166. The third kappa shape index (κ3) is 51.6. The molecule has 1 atom stereocenters. The van der Waals surface area contributed by atoms with Crippen LogP contribution in [0.15, 0.2) is 85.1 Å². The molecule has 0 amide bonds. The average Bonchev–Trinajstić information content (AvgIpc) is 3.31. The lowest BCUT2D eigenvalue weighted by atomic mass is 10.1. The van der Waals surface area contributed by atoms with Crippen molar-refractivity contribution in [2.45, 2.75) is 264 Å². The first-order valence-electron chi connectivity index (χ1n) is 27.6. The summed E-state index contributed by atoms with van der Waals surface area (Å²) in [6.07, 6.45) is 70.1. The fourth-order valence-electron chi connectivity index (χ4n) is 7.48. The van der Waals surface area contributed by atoms with Gasteiger partial charge in [0.2, 0.25) is 0 Å². The number of ether oxygens (including phenoxy) is 3. The molecule has 0 aliphatic heterocycles. The first-order chi connectivity index (χ1) is 32.5. The molecule has 0 aromatic rings. The molecule has 1 unspecified atom stereocenters. The fourth-order valence-corrected chi connectivity index (χ4v) is 7.48. The van der Waals surface area contributed by atoms with Crippen molar-refractivity contribution in [2.75, 3.05) is 13.2 Å². The molecule has 0 aromatic heterocycles. The Hall–Kier alpha value is -3.41. The van der Waals surface area contributed by atoms with Crippen LogP contribution in [0.4, 0.5) is 0 Å². The highest BCUT2D eigenvalue weighted by molar-refractivity contribution is 5.71. The topological polar surface area (TPSA) is 78.9 Å². The van der Waals surface area contributed by atoms with Crippen LogP contribution in [0.3, 0.4) is 0 Å². The van der Waals surface area contributed by atoms with Crippen molar-refractivity contribution in [3.8, 4) is 0 Å². The summed E-state index contributed by atoms with van der Waals surface area (Å²) < 4.78 is 16.7. The van der Waals surface area contributed by atoms with Gasteiger partial charge in [0.15, 0.2) is 6.10 Å². The van der Waals surface area contributed by atoms with Gasteiger partial charge >= 0.3 is 17.9 Å². The summed E-state index contributed by atoms with van der Waals surface area (Å²) in [5, 5.41) is 0. The van der Waals surface area contributed by atoms with Crippen LogP contribution in [-0.4, -0.2) is 37.2 Å². The standard InChI is InChI=1S/C60H102O6/c1-4-7-10-13-16-19-22-25-27-29-30-31-33-35-38-41-44-47-50-53-59(62)65-56-57(55-64-58(61)52-49-46-43-40-37-34-24-21-18-15-12-9-6-3)66-60(63)54-51-48-45-42-39-36-32-28-26-23-20-17-14-11-8-5-2/h8,11,17,20,26,28-30,34,36-37,39,43,46,57H,4-7,9-10,12-16,18-19,21-25,27,31-33,35,38,40-42,44-45,47-56H2,1-3H3/b11-8-,20-17-,28-26-,30-29-,37-34-,39-36-,46-43-. The van der Waals surface area contributed by atoms with E-state index in [9.17, 15) is 14.4 Å². The van der Waals surface area contributed by atoms with Crippen LogP contribution < -0.4 is 0 Å². The Labute approximate surface area is 407 Å². The second-order valence-corrected chi connectivity index (χ2v) is 18.1. The molecule has 0 radical (unpaired) electrons. The SMILES string of the molecule is CC/C=C\C/C=C\C/C=C\C/C=C\CCCCCC(=O)OC(COC(=O)CC/C=C\C/C=C\CCCCCCCC)COC(=O)CCCCCCCCC/C=C\CCCCCCCCCC. The maximum Gasteiger partial charge on any atom is 0.306 e. The van der Waals surface area contributed by atoms with E-state index in [-0.39, 0.29) is 44.0 Å². The van der Waals surface area contributed by atoms with Crippen molar-refractivity contribution in [3.63, 3.8) is 0 Å². The highest BCUT2D eigenvalue weighted by atomic mass is 16.6. The molecule has 6 nitrogen and oxygen atoms in total. The number of rotatable bonds is 49. The summed E-state index contributed by atoms with van der Waals surface area (Å²) in [6.45, 7) is 6.44. The second kappa shape index (κ2) is 54.2. The van der Waals surface area contributed by atoms with Gasteiger partial charge < -0.3 is 14.2 Å². The van der Waals surface area contributed by atoms with E-state index in [1.54, 1.807) is 0 Å². The largest absolute Gasteiger partial charge is 0.462 e. The molecule has 0 bridgehead atoms. The van der Waals surface area contributed by atoms with Gasteiger partial charge in [-0.15, -0.1) is 0 Å². The molecule has 0 heterocycles. The van der Waals surface area contributed by atoms with Gasteiger partial charge in [0, 0.05) is 19.3 Å². The van der Waals surface area contributed by atoms with E-state index in [2.05, 4.69) is 99.8 Å². The number of hydrogen-bond acceptors (Lipinski definition) is 6. The Morgan fingerprint density at radius 2 is 0.621 bits per heavy atom. The van der Waals surface area contributed by atoms with Crippen LogP contribution in [0, 0.1) is 0 Å². The Kier molecular flexibility index (Phi) is 51.4. The minimum absolute atomic E-state index is 0.109. The molecule has 378 valence electrons. The van der Waals surface area contributed by atoms with Crippen molar-refractivity contribution in [1.82, 2.24) is 0 Å². The summed E-state index contributed by atoms with van der Waals surface area (Å²) in [5.74, 6) is -1.01.